The molecule has 116 valence electrons. The zero-order valence-corrected chi connectivity index (χ0v) is 13.4. The highest BCUT2D eigenvalue weighted by atomic mass is 15.2. The third-order valence-corrected chi connectivity index (χ3v) is 5.62. The second-order valence-corrected chi connectivity index (χ2v) is 7.75. The minimum absolute atomic E-state index is 0.785. The van der Waals surface area contributed by atoms with E-state index in [1.807, 2.05) is 0 Å². The number of nitrogens with zero attached hydrogens (tertiary/aromatic N) is 1. The van der Waals surface area contributed by atoms with Gasteiger partial charge in [0.15, 0.2) is 0 Å². The van der Waals surface area contributed by atoms with Gasteiger partial charge in [-0.3, -0.25) is 0 Å². The van der Waals surface area contributed by atoms with E-state index in [4.69, 9.17) is 0 Å². The van der Waals surface area contributed by atoms with Gasteiger partial charge in [-0.2, -0.15) is 0 Å². The normalized spacial score (nSPS) is 32.9. The number of hydrogen-bond donors (Lipinski definition) is 1. The first-order valence-corrected chi connectivity index (χ1v) is 9.32. The molecule has 2 heteroatoms. The van der Waals surface area contributed by atoms with Gasteiger partial charge in [-0.15, -0.1) is 0 Å². The predicted octanol–water partition coefficient (Wildman–Crippen LogP) is 3.81. The number of likely N-dealkylation sites (tertiary alicyclic amines) is 1. The van der Waals surface area contributed by atoms with E-state index in [0.29, 0.717) is 0 Å². The average Bonchev–Trinajstić information content (AvgIpc) is 3.10. The van der Waals surface area contributed by atoms with Gasteiger partial charge in [0.2, 0.25) is 0 Å². The van der Waals surface area contributed by atoms with Crippen LogP contribution in [0.15, 0.2) is 0 Å². The smallest absolute Gasteiger partial charge is 0.0200 e. The SMILES string of the molecule is CCCCC1CC(NC2CCCC2)CN(CC2CC2)C1. The number of piperidine rings is 1. The minimum atomic E-state index is 0.785. The van der Waals surface area contributed by atoms with E-state index < -0.39 is 0 Å². The highest BCUT2D eigenvalue weighted by Gasteiger charge is 2.32. The Hall–Kier alpha value is -0.0800. The first-order chi connectivity index (χ1) is 9.83. The summed E-state index contributed by atoms with van der Waals surface area (Å²) in [4.78, 5) is 2.80. The lowest BCUT2D eigenvalue weighted by atomic mass is 9.89. The minimum Gasteiger partial charge on any atom is -0.310 e. The molecule has 2 aliphatic carbocycles. The predicted molar refractivity (Wildman–Crippen MR) is 86.0 cm³/mol. The highest BCUT2D eigenvalue weighted by Crippen LogP contribution is 2.32. The summed E-state index contributed by atoms with van der Waals surface area (Å²) in [6.45, 7) is 6.44. The zero-order chi connectivity index (χ0) is 13.8. The van der Waals surface area contributed by atoms with Crippen LogP contribution in [0.25, 0.3) is 0 Å². The van der Waals surface area contributed by atoms with E-state index in [2.05, 4.69) is 17.1 Å². The van der Waals surface area contributed by atoms with Crippen molar-refractivity contribution >= 4 is 0 Å². The lowest BCUT2D eigenvalue weighted by Crippen LogP contribution is -2.51. The third kappa shape index (κ3) is 4.46. The first-order valence-electron chi connectivity index (χ1n) is 9.32. The molecular formula is C18H34N2. The van der Waals surface area contributed by atoms with E-state index in [1.165, 1.54) is 83.8 Å². The molecule has 1 N–H and O–H groups in total. The molecule has 0 radical (unpaired) electrons. The Labute approximate surface area is 125 Å². The quantitative estimate of drug-likeness (QED) is 0.762. The van der Waals surface area contributed by atoms with Crippen LogP contribution in [-0.2, 0) is 0 Å². The summed E-state index contributed by atoms with van der Waals surface area (Å²) in [7, 11) is 0. The Kier molecular flexibility index (Phi) is 5.39. The molecule has 1 aliphatic heterocycles. The van der Waals surface area contributed by atoms with Crippen LogP contribution in [0.5, 0.6) is 0 Å². The van der Waals surface area contributed by atoms with Crippen molar-refractivity contribution in [3.63, 3.8) is 0 Å². The Morgan fingerprint density at radius 2 is 1.75 bits per heavy atom. The molecule has 2 nitrogen and oxygen atoms in total. The number of nitrogens with one attached hydrogen (secondary N) is 1. The van der Waals surface area contributed by atoms with Gasteiger partial charge >= 0.3 is 0 Å². The van der Waals surface area contributed by atoms with Gasteiger partial charge in [0, 0.05) is 31.7 Å². The highest BCUT2D eigenvalue weighted by molar-refractivity contribution is 4.89. The van der Waals surface area contributed by atoms with Crippen LogP contribution in [0.1, 0.15) is 71.1 Å². The van der Waals surface area contributed by atoms with Crippen molar-refractivity contribution < 1.29 is 0 Å². The second-order valence-electron chi connectivity index (χ2n) is 7.75. The van der Waals surface area contributed by atoms with Crippen LogP contribution in [-0.4, -0.2) is 36.6 Å². The van der Waals surface area contributed by atoms with Gasteiger partial charge in [0.1, 0.15) is 0 Å². The van der Waals surface area contributed by atoms with Gasteiger partial charge in [0.05, 0.1) is 0 Å². The van der Waals surface area contributed by atoms with E-state index in [1.54, 1.807) is 0 Å². The molecule has 0 bridgehead atoms. The van der Waals surface area contributed by atoms with Crippen LogP contribution in [0.2, 0.25) is 0 Å². The lowest BCUT2D eigenvalue weighted by Gasteiger charge is -2.39. The summed E-state index contributed by atoms with van der Waals surface area (Å²) in [5.74, 6) is 2.01. The Balaban J connectivity index is 1.50. The monoisotopic (exact) mass is 278 g/mol. The molecule has 0 aromatic rings. The fourth-order valence-electron chi connectivity index (χ4n) is 4.37. The van der Waals surface area contributed by atoms with E-state index in [-0.39, 0.29) is 0 Å². The van der Waals surface area contributed by atoms with Crippen molar-refractivity contribution in [2.75, 3.05) is 19.6 Å². The number of rotatable bonds is 7. The van der Waals surface area contributed by atoms with E-state index >= 15 is 0 Å². The van der Waals surface area contributed by atoms with Gasteiger partial charge in [-0.05, 0) is 50.4 Å². The van der Waals surface area contributed by atoms with Crippen molar-refractivity contribution in [2.24, 2.45) is 11.8 Å². The topological polar surface area (TPSA) is 15.3 Å². The van der Waals surface area contributed by atoms with Crippen LogP contribution >= 0.6 is 0 Å². The molecule has 20 heavy (non-hydrogen) atoms. The van der Waals surface area contributed by atoms with Crippen LogP contribution < -0.4 is 5.32 Å². The van der Waals surface area contributed by atoms with Crippen molar-refractivity contribution in [2.45, 2.75) is 83.2 Å². The fourth-order valence-corrected chi connectivity index (χ4v) is 4.37. The van der Waals surface area contributed by atoms with Gasteiger partial charge in [-0.1, -0.05) is 32.6 Å². The maximum absolute atomic E-state index is 4.01. The molecule has 3 fully saturated rings. The third-order valence-electron chi connectivity index (χ3n) is 5.62. The molecule has 1 saturated heterocycles. The summed E-state index contributed by atoms with van der Waals surface area (Å²) in [6, 6.07) is 1.63. The van der Waals surface area contributed by atoms with E-state index in [9.17, 15) is 0 Å². The maximum atomic E-state index is 4.01. The lowest BCUT2D eigenvalue weighted by molar-refractivity contribution is 0.124. The second kappa shape index (κ2) is 7.26. The molecule has 2 unspecified atom stereocenters. The summed E-state index contributed by atoms with van der Waals surface area (Å²) in [5.41, 5.74) is 0. The molecule has 0 aromatic heterocycles. The van der Waals surface area contributed by atoms with Crippen molar-refractivity contribution in [1.82, 2.24) is 10.2 Å². The van der Waals surface area contributed by atoms with Crippen LogP contribution in [0, 0.1) is 11.8 Å². The van der Waals surface area contributed by atoms with Crippen molar-refractivity contribution in [3.8, 4) is 0 Å². The van der Waals surface area contributed by atoms with Gasteiger partial charge < -0.3 is 10.2 Å². The Morgan fingerprint density at radius 1 is 0.950 bits per heavy atom. The van der Waals surface area contributed by atoms with Crippen molar-refractivity contribution in [3.05, 3.63) is 0 Å². The summed E-state index contributed by atoms with van der Waals surface area (Å²) in [5, 5.41) is 4.01. The number of hydrogen-bond acceptors (Lipinski definition) is 2. The Morgan fingerprint density at radius 3 is 2.45 bits per heavy atom. The Bertz CT molecular complexity index is 281. The summed E-state index contributed by atoms with van der Waals surface area (Å²) < 4.78 is 0. The summed E-state index contributed by atoms with van der Waals surface area (Å²) >= 11 is 0. The fraction of sp³-hybridized carbons (Fsp3) is 1.00. The van der Waals surface area contributed by atoms with Crippen molar-refractivity contribution in [1.29, 1.82) is 0 Å². The molecule has 1 heterocycles. The zero-order valence-electron chi connectivity index (χ0n) is 13.4. The average molecular weight is 278 g/mol. The molecule has 2 atom stereocenters. The molecule has 3 rings (SSSR count). The molecular weight excluding hydrogens is 244 g/mol. The molecule has 2 saturated carbocycles. The first kappa shape index (κ1) is 14.8. The standard InChI is InChI=1S/C18H34N2/c1-2-3-6-16-11-18(19-17-7-4-5-8-17)14-20(13-16)12-15-9-10-15/h15-19H,2-14H2,1H3. The number of unbranched alkanes of at least 4 members (excludes halogenated alkanes) is 1. The van der Waals surface area contributed by atoms with Gasteiger partial charge in [0.25, 0.3) is 0 Å². The maximum Gasteiger partial charge on any atom is 0.0200 e. The largest absolute Gasteiger partial charge is 0.310 e. The van der Waals surface area contributed by atoms with E-state index in [0.717, 1.165) is 23.9 Å². The van der Waals surface area contributed by atoms with Gasteiger partial charge in [-0.25, -0.2) is 0 Å². The summed E-state index contributed by atoms with van der Waals surface area (Å²) in [6.07, 6.45) is 14.5. The van der Waals surface area contributed by atoms with Crippen LogP contribution in [0.4, 0.5) is 0 Å². The molecule has 0 aromatic carbocycles. The van der Waals surface area contributed by atoms with Crippen LogP contribution in [0.3, 0.4) is 0 Å². The molecule has 0 amide bonds. The molecule has 0 spiro atoms. The molecule has 3 aliphatic rings.